The number of fused-ring (bicyclic) bond motifs is 1. The fourth-order valence-corrected chi connectivity index (χ4v) is 9.57. The van der Waals surface area contributed by atoms with E-state index in [1.807, 2.05) is 6.07 Å². The van der Waals surface area contributed by atoms with Gasteiger partial charge in [0, 0.05) is 15.8 Å². The van der Waals surface area contributed by atoms with Crippen LogP contribution in [-0.2, 0) is 5.41 Å². The third-order valence-corrected chi connectivity index (χ3v) is 12.9. The van der Waals surface area contributed by atoms with Crippen LogP contribution >= 0.6 is 34.4 Å². The molecule has 2 unspecified atom stereocenters. The maximum absolute atomic E-state index is 15.7. The molecule has 4 aromatic rings. The molecule has 3 nitrogen and oxygen atoms in total. The van der Waals surface area contributed by atoms with Crippen molar-refractivity contribution >= 4 is 45.4 Å². The molecule has 0 saturated carbocycles. The maximum Gasteiger partial charge on any atom is 0.169 e. The monoisotopic (exact) mass is 702 g/mol. The van der Waals surface area contributed by atoms with Crippen LogP contribution in [0.15, 0.2) is 18.2 Å². The van der Waals surface area contributed by atoms with E-state index in [2.05, 4.69) is 77.1 Å². The van der Waals surface area contributed by atoms with Crippen molar-refractivity contribution in [2.45, 2.75) is 138 Å². The minimum absolute atomic E-state index is 0.121. The van der Waals surface area contributed by atoms with Crippen LogP contribution < -0.4 is 0 Å². The molecule has 0 aliphatic rings. The van der Waals surface area contributed by atoms with Crippen LogP contribution in [0.4, 0.5) is 8.78 Å². The van der Waals surface area contributed by atoms with Crippen molar-refractivity contribution in [2.75, 3.05) is 0 Å². The lowest BCUT2D eigenvalue weighted by molar-refractivity contribution is 0.376. The number of aromatic nitrogens is 2. The number of benzene rings is 1. The first-order valence-corrected chi connectivity index (χ1v) is 20.1. The second kappa shape index (κ2) is 16.7. The zero-order chi connectivity index (χ0) is 34.5. The third kappa shape index (κ3) is 10.1. The van der Waals surface area contributed by atoms with Gasteiger partial charge in [-0.3, -0.25) is 0 Å². The van der Waals surface area contributed by atoms with Crippen LogP contribution in [0.25, 0.3) is 31.2 Å². The smallest absolute Gasteiger partial charge is 0.169 e. The lowest BCUT2D eigenvalue weighted by Crippen LogP contribution is -2.07. The highest BCUT2D eigenvalue weighted by Crippen LogP contribution is 2.52. The molecule has 0 fully saturated rings. The molecule has 3 aromatic heterocycles. The highest BCUT2D eigenvalue weighted by molar-refractivity contribution is 7.24. The molecule has 2 atom stereocenters. The van der Waals surface area contributed by atoms with Gasteiger partial charge in [0.2, 0.25) is 0 Å². The molecule has 0 saturated heterocycles. The lowest BCUT2D eigenvalue weighted by Gasteiger charge is -2.22. The highest BCUT2D eigenvalue weighted by Gasteiger charge is 2.29. The van der Waals surface area contributed by atoms with Crippen LogP contribution in [0.3, 0.4) is 0 Å². The summed E-state index contributed by atoms with van der Waals surface area (Å²) in [6, 6.07) is 5.11. The van der Waals surface area contributed by atoms with Gasteiger partial charge in [-0.05, 0) is 65.5 Å². The van der Waals surface area contributed by atoms with Gasteiger partial charge in [0.25, 0.3) is 0 Å². The van der Waals surface area contributed by atoms with E-state index in [1.165, 1.54) is 49.9 Å². The Balaban J connectivity index is 1.77. The van der Waals surface area contributed by atoms with Crippen molar-refractivity contribution < 1.29 is 13.9 Å². The highest BCUT2D eigenvalue weighted by atomic mass is 32.1. The van der Waals surface area contributed by atoms with Crippen LogP contribution in [0.1, 0.15) is 143 Å². The average Bonchev–Trinajstić information content (AvgIpc) is 3.71. The molecule has 260 valence electrons. The molecule has 3 heterocycles. The van der Waals surface area contributed by atoms with Crippen molar-refractivity contribution in [3.8, 4) is 25.9 Å². The second-order valence-corrected chi connectivity index (χ2v) is 18.5. The zero-order valence-electron chi connectivity index (χ0n) is 30.0. The largest absolute Gasteiger partial charge is 0.506 e. The topological polar surface area (TPSA) is 46.0 Å². The molecular formula is C39H56F2N2OS3. The number of thiophene rings is 2. The Morgan fingerprint density at radius 3 is 1.85 bits per heavy atom. The Labute approximate surface area is 294 Å². The van der Waals surface area contributed by atoms with E-state index < -0.39 is 11.6 Å². The fraction of sp³-hybridized carbons (Fsp3) is 0.641. The number of hydrogen-bond acceptors (Lipinski definition) is 6. The SMILES string of the molecule is CC(C)CCCC(C)CCC(CCC(C)CCCC(C)C)c1cc(-c2c(F)c(F)cc3nsnc23)sc1-c1sc(C(C)(C)C)cc1O. The van der Waals surface area contributed by atoms with Crippen molar-refractivity contribution in [1.29, 1.82) is 0 Å². The van der Waals surface area contributed by atoms with Gasteiger partial charge in [0.1, 0.15) is 16.8 Å². The minimum Gasteiger partial charge on any atom is -0.506 e. The van der Waals surface area contributed by atoms with E-state index in [0.29, 0.717) is 27.7 Å². The first-order chi connectivity index (χ1) is 22.1. The van der Waals surface area contributed by atoms with E-state index >= 15 is 4.39 Å². The summed E-state index contributed by atoms with van der Waals surface area (Å²) >= 11 is 4.05. The molecule has 0 bridgehead atoms. The zero-order valence-corrected chi connectivity index (χ0v) is 32.5. The Morgan fingerprint density at radius 1 is 0.723 bits per heavy atom. The van der Waals surface area contributed by atoms with Crippen molar-refractivity contribution in [2.24, 2.45) is 23.7 Å². The summed E-state index contributed by atoms with van der Waals surface area (Å²) in [5.41, 5.74) is 1.97. The number of hydrogen-bond donors (Lipinski definition) is 1. The normalized spacial score (nSPS) is 14.5. The Morgan fingerprint density at radius 2 is 1.32 bits per heavy atom. The van der Waals surface area contributed by atoms with Crippen molar-refractivity contribution in [1.82, 2.24) is 8.75 Å². The van der Waals surface area contributed by atoms with Crippen LogP contribution in [-0.4, -0.2) is 13.9 Å². The van der Waals surface area contributed by atoms with Gasteiger partial charge in [-0.15, -0.1) is 22.7 Å². The van der Waals surface area contributed by atoms with E-state index in [9.17, 15) is 9.50 Å². The van der Waals surface area contributed by atoms with Crippen LogP contribution in [0.5, 0.6) is 5.75 Å². The van der Waals surface area contributed by atoms with Gasteiger partial charge in [-0.25, -0.2) is 8.78 Å². The minimum atomic E-state index is -0.910. The standard InChI is InChI=1S/C39H56F2N2OS3/c1-23(2)12-10-14-25(5)16-18-27(19-17-26(6)15-11-13-24(3)4)28-20-32(34-35(41)29(40)21-30-36(34)43-47-42-30)45-37(28)38-31(44)22-33(46-38)39(7,8)9/h20-27,44H,10-19H2,1-9H3. The van der Waals surface area contributed by atoms with Crippen molar-refractivity contribution in [3.05, 3.63) is 40.3 Å². The summed E-state index contributed by atoms with van der Waals surface area (Å²) in [6.07, 6.45) is 11.8. The number of aromatic hydroxyl groups is 1. The number of halogens is 2. The van der Waals surface area contributed by atoms with Gasteiger partial charge >= 0.3 is 0 Å². The molecule has 1 N–H and O–H groups in total. The Kier molecular flexibility index (Phi) is 13.4. The van der Waals surface area contributed by atoms with Gasteiger partial charge in [0.05, 0.1) is 27.0 Å². The summed E-state index contributed by atoms with van der Waals surface area (Å²) < 4.78 is 39.2. The third-order valence-electron chi connectivity index (χ3n) is 9.52. The Bertz CT molecular complexity index is 1550. The molecule has 1 aromatic carbocycles. The first kappa shape index (κ1) is 37.9. The maximum atomic E-state index is 15.7. The van der Waals surface area contributed by atoms with Gasteiger partial charge in [-0.2, -0.15) is 8.75 Å². The van der Waals surface area contributed by atoms with E-state index in [-0.39, 0.29) is 22.6 Å². The summed E-state index contributed by atoms with van der Waals surface area (Å²) in [4.78, 5) is 3.55. The van der Waals surface area contributed by atoms with E-state index in [4.69, 9.17) is 0 Å². The summed E-state index contributed by atoms with van der Waals surface area (Å²) in [6.45, 7) is 20.4. The molecule has 47 heavy (non-hydrogen) atoms. The molecule has 0 amide bonds. The molecular weight excluding hydrogens is 647 g/mol. The number of rotatable bonds is 17. The van der Waals surface area contributed by atoms with E-state index in [0.717, 1.165) is 75.5 Å². The Hall–Kier alpha value is -1.90. The van der Waals surface area contributed by atoms with Gasteiger partial charge < -0.3 is 5.11 Å². The fourth-order valence-electron chi connectivity index (χ4n) is 6.48. The quantitative estimate of drug-likeness (QED) is 0.119. The first-order valence-electron chi connectivity index (χ1n) is 17.7. The van der Waals surface area contributed by atoms with Crippen LogP contribution in [0, 0.1) is 35.3 Å². The average molecular weight is 703 g/mol. The second-order valence-electron chi connectivity index (χ2n) is 15.9. The summed E-state index contributed by atoms with van der Waals surface area (Å²) in [7, 11) is 0. The molecule has 0 aliphatic carbocycles. The molecule has 0 spiro atoms. The predicted octanol–water partition coefficient (Wildman–Crippen LogP) is 14.0. The van der Waals surface area contributed by atoms with Crippen LogP contribution in [0.2, 0.25) is 0 Å². The van der Waals surface area contributed by atoms with Gasteiger partial charge in [-0.1, -0.05) is 114 Å². The van der Waals surface area contributed by atoms with Crippen molar-refractivity contribution in [3.63, 3.8) is 0 Å². The van der Waals surface area contributed by atoms with Gasteiger partial charge in [0.15, 0.2) is 11.6 Å². The molecule has 0 radical (unpaired) electrons. The molecule has 8 heteroatoms. The predicted molar refractivity (Wildman–Crippen MR) is 201 cm³/mol. The molecule has 0 aliphatic heterocycles. The molecule has 4 rings (SSSR count). The summed E-state index contributed by atoms with van der Waals surface area (Å²) in [5.74, 6) is 1.39. The van der Waals surface area contributed by atoms with E-state index in [1.54, 1.807) is 11.3 Å². The summed E-state index contributed by atoms with van der Waals surface area (Å²) in [5, 5.41) is 11.4. The lowest BCUT2D eigenvalue weighted by atomic mass is 9.83. The number of nitrogens with zero attached hydrogens (tertiary/aromatic N) is 2.